The van der Waals surface area contributed by atoms with Crippen molar-refractivity contribution >= 4 is 65.4 Å². The first kappa shape index (κ1) is 21.9. The maximum Gasteiger partial charge on any atom is 0.265 e. The number of hydrogen-bond donors (Lipinski definition) is 0. The molecule has 0 radical (unpaired) electrons. The third-order valence-electron chi connectivity index (χ3n) is 4.54. The van der Waals surface area contributed by atoms with Gasteiger partial charge in [0.05, 0.1) is 20.9 Å². The zero-order valence-electron chi connectivity index (χ0n) is 15.8. The number of halogens is 2. The number of carbonyl (C=O) groups is 1. The van der Waals surface area contributed by atoms with E-state index < -0.39 is 21.4 Å². The van der Waals surface area contributed by atoms with Crippen molar-refractivity contribution in [1.82, 2.24) is 9.55 Å². The van der Waals surface area contributed by atoms with Crippen molar-refractivity contribution in [3.8, 4) is 5.69 Å². The number of benzene rings is 2. The van der Waals surface area contributed by atoms with Gasteiger partial charge in [-0.05, 0) is 48.0 Å². The smallest absolute Gasteiger partial charge is 0.265 e. The molecular formula is C21H14BrClN2O4S2. The predicted molar refractivity (Wildman–Crippen MR) is 125 cm³/mol. The summed E-state index contributed by atoms with van der Waals surface area (Å²) in [5.41, 5.74) is 1.63. The highest BCUT2D eigenvalue weighted by Gasteiger charge is 2.21. The summed E-state index contributed by atoms with van der Waals surface area (Å²) in [6, 6.07) is 15.0. The highest BCUT2D eigenvalue weighted by atomic mass is 79.9. The second kappa shape index (κ2) is 8.66. The molecule has 0 aliphatic carbocycles. The number of hydrogen-bond acceptors (Lipinski definition) is 6. The van der Waals surface area contributed by atoms with Crippen LogP contribution in [0.4, 0.5) is 0 Å². The standard InChI is InChI=1S/C21H14BrClN2O4S2/c22-14-3-6-18-17(10-14)21(27)25(12-24-18)15-4-1-13(2-5-15)9-16(26)11-31(28,29)20-8-7-19(23)30-20/h1-8,10,12H,9,11H2. The van der Waals surface area contributed by atoms with Gasteiger partial charge in [0, 0.05) is 10.9 Å². The van der Waals surface area contributed by atoms with Gasteiger partial charge >= 0.3 is 0 Å². The van der Waals surface area contributed by atoms with Crippen LogP contribution in [0.5, 0.6) is 0 Å². The molecule has 31 heavy (non-hydrogen) atoms. The van der Waals surface area contributed by atoms with Gasteiger partial charge in [-0.3, -0.25) is 14.2 Å². The Morgan fingerprint density at radius 1 is 1.10 bits per heavy atom. The van der Waals surface area contributed by atoms with E-state index in [-0.39, 0.29) is 16.2 Å². The van der Waals surface area contributed by atoms with Crippen molar-refractivity contribution in [2.45, 2.75) is 10.6 Å². The molecule has 10 heteroatoms. The molecule has 0 saturated heterocycles. The highest BCUT2D eigenvalue weighted by molar-refractivity contribution is 9.10. The van der Waals surface area contributed by atoms with Crippen LogP contribution < -0.4 is 5.56 Å². The molecule has 0 spiro atoms. The summed E-state index contributed by atoms with van der Waals surface area (Å²) in [6.45, 7) is 0. The second-order valence-electron chi connectivity index (χ2n) is 6.78. The number of ketones is 1. The van der Waals surface area contributed by atoms with Crippen LogP contribution in [0.25, 0.3) is 16.6 Å². The van der Waals surface area contributed by atoms with E-state index in [4.69, 9.17) is 11.6 Å². The minimum Gasteiger partial charge on any atom is -0.298 e. The van der Waals surface area contributed by atoms with Gasteiger partial charge in [-0.2, -0.15) is 0 Å². The first-order chi connectivity index (χ1) is 14.7. The van der Waals surface area contributed by atoms with Gasteiger partial charge in [0.2, 0.25) is 0 Å². The normalized spacial score (nSPS) is 11.7. The van der Waals surface area contributed by atoms with Crippen LogP contribution in [0.3, 0.4) is 0 Å². The van der Waals surface area contributed by atoms with Gasteiger partial charge in [0.15, 0.2) is 15.6 Å². The van der Waals surface area contributed by atoms with Gasteiger partial charge in [0.1, 0.15) is 16.3 Å². The van der Waals surface area contributed by atoms with Crippen molar-refractivity contribution in [3.63, 3.8) is 0 Å². The molecule has 2 heterocycles. The Balaban J connectivity index is 1.52. The molecular weight excluding hydrogens is 524 g/mol. The van der Waals surface area contributed by atoms with Gasteiger partial charge in [-0.25, -0.2) is 13.4 Å². The van der Waals surface area contributed by atoms with Crippen LogP contribution in [-0.2, 0) is 21.1 Å². The maximum absolute atomic E-state index is 12.8. The molecule has 0 aliphatic heterocycles. The molecule has 158 valence electrons. The monoisotopic (exact) mass is 536 g/mol. The van der Waals surface area contributed by atoms with Crippen LogP contribution in [0.15, 0.2) is 74.4 Å². The van der Waals surface area contributed by atoms with Crippen molar-refractivity contribution in [2.24, 2.45) is 0 Å². The van der Waals surface area contributed by atoms with Gasteiger partial charge < -0.3 is 0 Å². The van der Waals surface area contributed by atoms with Crippen molar-refractivity contribution in [3.05, 3.63) is 85.7 Å². The molecule has 0 N–H and O–H groups in total. The summed E-state index contributed by atoms with van der Waals surface area (Å²) in [4.78, 5) is 29.4. The van der Waals surface area contributed by atoms with Crippen molar-refractivity contribution in [2.75, 3.05) is 5.75 Å². The topological polar surface area (TPSA) is 86.1 Å². The van der Waals surface area contributed by atoms with Gasteiger partial charge in [-0.1, -0.05) is 39.7 Å². The van der Waals surface area contributed by atoms with E-state index >= 15 is 0 Å². The molecule has 0 atom stereocenters. The average Bonchev–Trinajstić information content (AvgIpc) is 3.16. The number of rotatable bonds is 6. The van der Waals surface area contributed by atoms with Crippen LogP contribution >= 0.6 is 38.9 Å². The lowest BCUT2D eigenvalue weighted by atomic mass is 10.1. The van der Waals surface area contributed by atoms with E-state index in [1.54, 1.807) is 36.4 Å². The number of thiophene rings is 1. The van der Waals surface area contributed by atoms with Crippen molar-refractivity contribution in [1.29, 1.82) is 0 Å². The number of aromatic nitrogens is 2. The SMILES string of the molecule is O=C(Cc1ccc(-n2cnc3ccc(Br)cc3c2=O)cc1)CS(=O)(=O)c1ccc(Cl)s1. The Labute approximate surface area is 195 Å². The number of Topliss-reactive ketones (excluding diaryl/α,β-unsaturated/α-hetero) is 1. The zero-order valence-corrected chi connectivity index (χ0v) is 19.8. The van der Waals surface area contributed by atoms with Crippen LogP contribution in [0.2, 0.25) is 4.34 Å². The number of nitrogens with zero attached hydrogens (tertiary/aromatic N) is 2. The van der Waals surface area contributed by atoms with E-state index in [0.29, 0.717) is 26.5 Å². The Morgan fingerprint density at radius 3 is 2.52 bits per heavy atom. The van der Waals surface area contributed by atoms with E-state index in [1.165, 1.54) is 23.0 Å². The largest absolute Gasteiger partial charge is 0.298 e. The van der Waals surface area contributed by atoms with Gasteiger partial charge in [0.25, 0.3) is 5.56 Å². The summed E-state index contributed by atoms with van der Waals surface area (Å²) in [7, 11) is -3.71. The Morgan fingerprint density at radius 2 is 1.84 bits per heavy atom. The average molecular weight is 538 g/mol. The lowest BCUT2D eigenvalue weighted by molar-refractivity contribution is -0.116. The summed E-state index contributed by atoms with van der Waals surface area (Å²) in [5, 5.41) is 0.481. The van der Waals surface area contributed by atoms with E-state index in [9.17, 15) is 18.0 Å². The minimum absolute atomic E-state index is 0.0313. The first-order valence-electron chi connectivity index (χ1n) is 8.99. The maximum atomic E-state index is 12.8. The third kappa shape index (κ3) is 4.79. The molecule has 2 aromatic carbocycles. The highest BCUT2D eigenvalue weighted by Crippen LogP contribution is 2.26. The first-order valence-corrected chi connectivity index (χ1v) is 12.6. The minimum atomic E-state index is -3.71. The third-order valence-corrected chi connectivity index (χ3v) is 8.52. The molecule has 0 aliphatic rings. The molecule has 0 fully saturated rings. The predicted octanol–water partition coefficient (Wildman–Crippen LogP) is 4.45. The summed E-state index contributed by atoms with van der Waals surface area (Å²) >= 11 is 10.1. The molecule has 6 nitrogen and oxygen atoms in total. The molecule has 0 unspecified atom stereocenters. The van der Waals surface area contributed by atoms with Crippen molar-refractivity contribution < 1.29 is 13.2 Å². The number of carbonyl (C=O) groups excluding carboxylic acids is 1. The van der Waals surface area contributed by atoms with Crippen LogP contribution in [0.1, 0.15) is 5.56 Å². The fourth-order valence-electron chi connectivity index (χ4n) is 3.08. The Bertz CT molecular complexity index is 1460. The van der Waals surface area contributed by atoms with Crippen LogP contribution in [-0.4, -0.2) is 29.5 Å². The van der Waals surface area contributed by atoms with Crippen LogP contribution in [0, 0.1) is 0 Å². The summed E-state index contributed by atoms with van der Waals surface area (Å²) in [5.74, 6) is -1.01. The zero-order chi connectivity index (χ0) is 22.2. The molecule has 2 aromatic heterocycles. The van der Waals surface area contributed by atoms with E-state index in [0.717, 1.165) is 15.8 Å². The second-order valence-corrected chi connectivity index (χ2v) is 11.6. The fourth-order valence-corrected chi connectivity index (χ4v) is 6.25. The number of sulfone groups is 1. The summed E-state index contributed by atoms with van der Waals surface area (Å²) < 4.78 is 27.3. The molecule has 0 bridgehead atoms. The quantitative estimate of drug-likeness (QED) is 0.363. The van der Waals surface area contributed by atoms with Gasteiger partial charge in [-0.15, -0.1) is 11.3 Å². The Hall–Kier alpha value is -2.33. The van der Waals surface area contributed by atoms with E-state index in [1.807, 2.05) is 6.07 Å². The molecule has 0 saturated carbocycles. The molecule has 0 amide bonds. The number of fused-ring (bicyclic) bond motifs is 1. The lowest BCUT2D eigenvalue weighted by Crippen LogP contribution is -2.19. The van der Waals surface area contributed by atoms with E-state index in [2.05, 4.69) is 20.9 Å². The summed E-state index contributed by atoms with van der Waals surface area (Å²) in [6.07, 6.45) is 1.42. The molecule has 4 rings (SSSR count). The lowest BCUT2D eigenvalue weighted by Gasteiger charge is -2.08. The Kier molecular flexibility index (Phi) is 6.11. The molecule has 4 aromatic rings. The fraction of sp³-hybridized carbons (Fsp3) is 0.0952.